The Balaban J connectivity index is 1.64. The number of likely N-dealkylation sites (tertiary alicyclic amines) is 1. The van der Waals surface area contributed by atoms with Crippen molar-refractivity contribution in [3.63, 3.8) is 0 Å². The number of nitrogens with one attached hydrogen (secondary N) is 1. The molecule has 2 bridgehead atoms. The van der Waals surface area contributed by atoms with Crippen molar-refractivity contribution in [2.45, 2.75) is 63.5 Å². The second-order valence-corrected chi connectivity index (χ2v) is 6.71. The minimum Gasteiger partial charge on any atom is -0.354 e. The predicted octanol–water partition coefficient (Wildman–Crippen LogP) is 1.13. The molecular weight excluding hydrogens is 266 g/mol. The lowest BCUT2D eigenvalue weighted by molar-refractivity contribution is -0.134. The van der Waals surface area contributed by atoms with Gasteiger partial charge in [-0.1, -0.05) is 19.3 Å². The average molecular weight is 293 g/mol. The zero-order valence-corrected chi connectivity index (χ0v) is 12.9. The lowest BCUT2D eigenvalue weighted by atomic mass is 9.94. The van der Waals surface area contributed by atoms with E-state index in [2.05, 4.69) is 10.2 Å². The number of carbonyl (C=O) groups excluding carboxylic acids is 2. The van der Waals surface area contributed by atoms with Crippen molar-refractivity contribution in [2.75, 3.05) is 26.2 Å². The first kappa shape index (κ1) is 14.8. The number of amides is 2. The van der Waals surface area contributed by atoms with Crippen LogP contribution < -0.4 is 5.32 Å². The first-order valence-corrected chi connectivity index (χ1v) is 8.54. The molecule has 0 unspecified atom stereocenters. The van der Waals surface area contributed by atoms with Crippen LogP contribution in [0.25, 0.3) is 0 Å². The van der Waals surface area contributed by atoms with Gasteiger partial charge in [-0.05, 0) is 25.7 Å². The van der Waals surface area contributed by atoms with Crippen molar-refractivity contribution in [3.05, 3.63) is 0 Å². The highest BCUT2D eigenvalue weighted by molar-refractivity contribution is 5.79. The Morgan fingerprint density at radius 1 is 1.05 bits per heavy atom. The smallest absolute Gasteiger partial charge is 0.236 e. The maximum absolute atomic E-state index is 12.6. The number of fused-ring (bicyclic) bond motifs is 2. The number of hydrogen-bond donors (Lipinski definition) is 1. The number of carbonyl (C=O) groups is 2. The third-order valence-electron chi connectivity index (χ3n) is 5.25. The molecule has 0 radical (unpaired) electrons. The van der Waals surface area contributed by atoms with Crippen LogP contribution in [0.2, 0.25) is 0 Å². The maximum atomic E-state index is 12.6. The Labute approximate surface area is 127 Å². The van der Waals surface area contributed by atoms with Crippen molar-refractivity contribution in [1.82, 2.24) is 15.1 Å². The third kappa shape index (κ3) is 3.57. The fourth-order valence-electron chi connectivity index (χ4n) is 4.01. The molecule has 0 saturated carbocycles. The summed E-state index contributed by atoms with van der Waals surface area (Å²) in [5.74, 6) is 0.416. The highest BCUT2D eigenvalue weighted by Gasteiger charge is 2.36. The van der Waals surface area contributed by atoms with Gasteiger partial charge in [0.1, 0.15) is 0 Å². The van der Waals surface area contributed by atoms with Crippen molar-refractivity contribution >= 4 is 11.8 Å². The molecule has 0 aliphatic carbocycles. The molecule has 0 aromatic carbocycles. The molecular formula is C16H27N3O2. The van der Waals surface area contributed by atoms with Crippen LogP contribution >= 0.6 is 0 Å². The van der Waals surface area contributed by atoms with Crippen LogP contribution in [0.3, 0.4) is 0 Å². The van der Waals surface area contributed by atoms with Crippen LogP contribution in [-0.2, 0) is 9.59 Å². The van der Waals surface area contributed by atoms with E-state index in [1.54, 1.807) is 0 Å². The molecule has 5 nitrogen and oxygen atoms in total. The summed E-state index contributed by atoms with van der Waals surface area (Å²) in [6, 6.07) is 0.619. The summed E-state index contributed by atoms with van der Waals surface area (Å²) in [7, 11) is 0. The zero-order chi connectivity index (χ0) is 14.7. The van der Waals surface area contributed by atoms with Crippen LogP contribution in [0, 0.1) is 0 Å². The molecule has 2 atom stereocenters. The Morgan fingerprint density at radius 2 is 1.76 bits per heavy atom. The number of piperidine rings is 1. The highest BCUT2D eigenvalue weighted by atomic mass is 16.2. The normalized spacial score (nSPS) is 31.2. The standard InChI is InChI=1S/C16H27N3O2/c20-15-10-13-6-5-7-14(11-17-15)19(13)12-16(21)18-8-3-1-2-4-9-18/h13-14H,1-12H2,(H,17,20)/t13-,14-/m1/s1. The van der Waals surface area contributed by atoms with Gasteiger partial charge >= 0.3 is 0 Å². The van der Waals surface area contributed by atoms with Gasteiger partial charge in [-0.15, -0.1) is 0 Å². The predicted molar refractivity (Wildman–Crippen MR) is 80.8 cm³/mol. The van der Waals surface area contributed by atoms with Crippen LogP contribution in [0.4, 0.5) is 0 Å². The van der Waals surface area contributed by atoms with Crippen LogP contribution in [0.15, 0.2) is 0 Å². The fourth-order valence-corrected chi connectivity index (χ4v) is 4.01. The Hall–Kier alpha value is -1.10. The molecule has 1 N–H and O–H groups in total. The average Bonchev–Trinajstić information content (AvgIpc) is 2.78. The van der Waals surface area contributed by atoms with E-state index in [9.17, 15) is 9.59 Å². The van der Waals surface area contributed by atoms with Crippen LogP contribution in [0.1, 0.15) is 51.4 Å². The topological polar surface area (TPSA) is 52.7 Å². The van der Waals surface area contributed by atoms with Crippen LogP contribution in [-0.4, -0.2) is 59.9 Å². The van der Waals surface area contributed by atoms with E-state index >= 15 is 0 Å². The maximum Gasteiger partial charge on any atom is 0.236 e. The van der Waals surface area contributed by atoms with E-state index in [-0.39, 0.29) is 17.9 Å². The van der Waals surface area contributed by atoms with Gasteiger partial charge in [-0.3, -0.25) is 14.5 Å². The van der Waals surface area contributed by atoms with Gasteiger partial charge in [0.15, 0.2) is 0 Å². The molecule has 3 fully saturated rings. The quantitative estimate of drug-likeness (QED) is 0.830. The molecule has 0 aromatic heterocycles. The lowest BCUT2D eigenvalue weighted by Crippen LogP contribution is -2.52. The molecule has 5 heteroatoms. The summed E-state index contributed by atoms with van der Waals surface area (Å²) in [5.41, 5.74) is 0. The van der Waals surface area contributed by atoms with E-state index in [0.29, 0.717) is 25.6 Å². The molecule has 3 aliphatic heterocycles. The molecule has 3 heterocycles. The zero-order valence-electron chi connectivity index (χ0n) is 12.9. The minimum absolute atomic E-state index is 0.150. The summed E-state index contributed by atoms with van der Waals surface area (Å²) in [6.07, 6.45) is 8.66. The largest absolute Gasteiger partial charge is 0.354 e. The second-order valence-electron chi connectivity index (χ2n) is 6.71. The van der Waals surface area contributed by atoms with E-state index < -0.39 is 0 Å². The monoisotopic (exact) mass is 293 g/mol. The molecule has 118 valence electrons. The van der Waals surface area contributed by atoms with Crippen molar-refractivity contribution in [3.8, 4) is 0 Å². The van der Waals surface area contributed by atoms with Crippen molar-refractivity contribution in [1.29, 1.82) is 0 Å². The summed E-state index contributed by atoms with van der Waals surface area (Å²) in [5, 5.41) is 3.00. The molecule has 0 aromatic rings. The van der Waals surface area contributed by atoms with Crippen molar-refractivity contribution < 1.29 is 9.59 Å². The Morgan fingerprint density at radius 3 is 2.52 bits per heavy atom. The summed E-state index contributed by atoms with van der Waals surface area (Å²) >= 11 is 0. The number of rotatable bonds is 2. The first-order chi connectivity index (χ1) is 10.2. The molecule has 3 saturated heterocycles. The van der Waals surface area contributed by atoms with E-state index in [4.69, 9.17) is 0 Å². The molecule has 3 rings (SSSR count). The molecule has 0 spiro atoms. The first-order valence-electron chi connectivity index (χ1n) is 8.54. The van der Waals surface area contributed by atoms with Gasteiger partial charge in [0.25, 0.3) is 0 Å². The van der Waals surface area contributed by atoms with E-state index in [0.717, 1.165) is 38.8 Å². The molecule has 2 amide bonds. The lowest BCUT2D eigenvalue weighted by Gasteiger charge is -2.40. The van der Waals surface area contributed by atoms with E-state index in [1.807, 2.05) is 4.90 Å². The molecule has 21 heavy (non-hydrogen) atoms. The number of nitrogens with zero attached hydrogens (tertiary/aromatic N) is 2. The summed E-state index contributed by atoms with van der Waals surface area (Å²) < 4.78 is 0. The second kappa shape index (κ2) is 6.77. The highest BCUT2D eigenvalue weighted by Crippen LogP contribution is 2.27. The van der Waals surface area contributed by atoms with Gasteiger partial charge in [0, 0.05) is 38.1 Å². The minimum atomic E-state index is 0.150. The molecule has 3 aliphatic rings. The van der Waals surface area contributed by atoms with E-state index in [1.165, 1.54) is 19.3 Å². The summed E-state index contributed by atoms with van der Waals surface area (Å²) in [6.45, 7) is 3.05. The van der Waals surface area contributed by atoms with Gasteiger partial charge < -0.3 is 10.2 Å². The van der Waals surface area contributed by atoms with Crippen molar-refractivity contribution in [2.24, 2.45) is 0 Å². The third-order valence-corrected chi connectivity index (χ3v) is 5.25. The Bertz CT molecular complexity index is 391. The van der Waals surface area contributed by atoms with Crippen LogP contribution in [0.5, 0.6) is 0 Å². The SMILES string of the molecule is O=C1C[C@H]2CCC[C@H](CN1)N2CC(=O)N1CCCCCC1. The Kier molecular flexibility index (Phi) is 4.78. The number of hydrogen-bond acceptors (Lipinski definition) is 3. The van der Waals surface area contributed by atoms with Gasteiger partial charge in [-0.2, -0.15) is 0 Å². The fraction of sp³-hybridized carbons (Fsp3) is 0.875. The van der Waals surface area contributed by atoms with Gasteiger partial charge in [0.05, 0.1) is 6.54 Å². The summed E-state index contributed by atoms with van der Waals surface area (Å²) in [4.78, 5) is 28.8. The van der Waals surface area contributed by atoms with Gasteiger partial charge in [-0.25, -0.2) is 0 Å². The van der Waals surface area contributed by atoms with Gasteiger partial charge in [0.2, 0.25) is 11.8 Å².